The van der Waals surface area contributed by atoms with E-state index in [4.69, 9.17) is 0 Å². The van der Waals surface area contributed by atoms with Crippen LogP contribution in [-0.4, -0.2) is 17.4 Å². The van der Waals surface area contributed by atoms with E-state index < -0.39 is 0 Å². The first-order chi connectivity index (χ1) is 7.36. The first-order valence-electron chi connectivity index (χ1n) is 5.55. The van der Waals surface area contributed by atoms with E-state index in [0.29, 0.717) is 6.04 Å². The molecule has 0 amide bonds. The second-order valence-electron chi connectivity index (χ2n) is 3.88. The van der Waals surface area contributed by atoms with Gasteiger partial charge in [0.15, 0.2) is 0 Å². The van der Waals surface area contributed by atoms with Gasteiger partial charge in [0.2, 0.25) is 0 Å². The molecule has 0 spiro atoms. The first-order valence-corrected chi connectivity index (χ1v) is 6.43. The van der Waals surface area contributed by atoms with Gasteiger partial charge in [-0.05, 0) is 19.8 Å². The molecule has 2 rings (SSSR count). The molecular formula is C11H17N3S. The second-order valence-corrected chi connectivity index (χ2v) is 4.80. The van der Waals surface area contributed by atoms with Crippen LogP contribution in [0.1, 0.15) is 43.7 Å². The minimum absolute atomic E-state index is 0.293. The molecule has 1 unspecified atom stereocenters. The number of hydrogen-bond donors (Lipinski definition) is 1. The van der Waals surface area contributed by atoms with Gasteiger partial charge in [0.1, 0.15) is 5.01 Å². The lowest BCUT2D eigenvalue weighted by Crippen LogP contribution is -2.26. The Hall–Kier alpha value is -0.900. The summed E-state index contributed by atoms with van der Waals surface area (Å²) in [5.41, 5.74) is 0. The van der Waals surface area contributed by atoms with Gasteiger partial charge in [-0.25, -0.2) is 4.98 Å². The van der Waals surface area contributed by atoms with Gasteiger partial charge in [-0.15, -0.1) is 11.3 Å². The highest BCUT2D eigenvalue weighted by molar-refractivity contribution is 7.09. The minimum atomic E-state index is 0.293. The number of aliphatic imine (C=N–C) groups is 1. The van der Waals surface area contributed by atoms with Crippen LogP contribution in [-0.2, 0) is 0 Å². The van der Waals surface area contributed by atoms with Crippen LogP contribution in [0.3, 0.4) is 0 Å². The number of aromatic nitrogens is 1. The van der Waals surface area contributed by atoms with E-state index in [-0.39, 0.29) is 0 Å². The highest BCUT2D eigenvalue weighted by atomic mass is 32.1. The maximum atomic E-state index is 4.56. The molecule has 0 fully saturated rings. The molecule has 1 N–H and O–H groups in total. The third-order valence-corrected chi connectivity index (χ3v) is 3.54. The van der Waals surface area contributed by atoms with Crippen molar-refractivity contribution in [2.24, 2.45) is 4.99 Å². The van der Waals surface area contributed by atoms with Gasteiger partial charge in [-0.2, -0.15) is 0 Å². The SMILES string of the molecule is CC(NC1=NCCCCC1)c1nccs1. The van der Waals surface area contributed by atoms with Gasteiger partial charge in [0.05, 0.1) is 11.9 Å². The van der Waals surface area contributed by atoms with E-state index >= 15 is 0 Å². The van der Waals surface area contributed by atoms with Crippen LogP contribution < -0.4 is 5.32 Å². The van der Waals surface area contributed by atoms with Crippen LogP contribution in [0.2, 0.25) is 0 Å². The number of rotatable bonds is 2. The van der Waals surface area contributed by atoms with Crippen molar-refractivity contribution in [1.29, 1.82) is 0 Å². The van der Waals surface area contributed by atoms with E-state index in [2.05, 4.69) is 22.2 Å². The maximum Gasteiger partial charge on any atom is 0.115 e. The van der Waals surface area contributed by atoms with Crippen molar-refractivity contribution in [1.82, 2.24) is 10.3 Å². The summed E-state index contributed by atoms with van der Waals surface area (Å²) in [4.78, 5) is 8.86. The number of thiazole rings is 1. The largest absolute Gasteiger partial charge is 0.365 e. The number of nitrogens with zero attached hydrogens (tertiary/aromatic N) is 2. The smallest absolute Gasteiger partial charge is 0.115 e. The fourth-order valence-electron chi connectivity index (χ4n) is 1.75. The van der Waals surface area contributed by atoms with Crippen LogP contribution >= 0.6 is 11.3 Å². The second kappa shape index (κ2) is 5.26. The maximum absolute atomic E-state index is 4.56. The molecular weight excluding hydrogens is 206 g/mol. The predicted molar refractivity (Wildman–Crippen MR) is 64.4 cm³/mol. The van der Waals surface area contributed by atoms with Gasteiger partial charge in [0.25, 0.3) is 0 Å². The van der Waals surface area contributed by atoms with Crippen LogP contribution in [0.15, 0.2) is 16.6 Å². The van der Waals surface area contributed by atoms with Crippen molar-refractivity contribution < 1.29 is 0 Å². The molecule has 0 saturated heterocycles. The summed E-state index contributed by atoms with van der Waals surface area (Å²) in [7, 11) is 0. The van der Waals surface area contributed by atoms with Crippen LogP contribution in [0.25, 0.3) is 0 Å². The lowest BCUT2D eigenvalue weighted by molar-refractivity contribution is 0.689. The van der Waals surface area contributed by atoms with Crippen molar-refractivity contribution in [2.45, 2.75) is 38.6 Å². The van der Waals surface area contributed by atoms with Gasteiger partial charge in [-0.1, -0.05) is 6.42 Å². The number of nitrogens with one attached hydrogen (secondary N) is 1. The Morgan fingerprint density at radius 3 is 3.13 bits per heavy atom. The van der Waals surface area contributed by atoms with E-state index in [0.717, 1.165) is 23.8 Å². The van der Waals surface area contributed by atoms with E-state index in [9.17, 15) is 0 Å². The Balaban J connectivity index is 1.93. The minimum Gasteiger partial charge on any atom is -0.365 e. The van der Waals surface area contributed by atoms with Gasteiger partial charge in [-0.3, -0.25) is 4.99 Å². The molecule has 3 nitrogen and oxygen atoms in total. The van der Waals surface area contributed by atoms with Crippen LogP contribution in [0.5, 0.6) is 0 Å². The average molecular weight is 223 g/mol. The van der Waals surface area contributed by atoms with Crippen molar-refractivity contribution in [3.63, 3.8) is 0 Å². The molecule has 2 heterocycles. The summed E-state index contributed by atoms with van der Waals surface area (Å²) in [5, 5.41) is 6.62. The van der Waals surface area contributed by atoms with Gasteiger partial charge >= 0.3 is 0 Å². The normalized spacial score (nSPS) is 19.1. The molecule has 1 aliphatic heterocycles. The molecule has 0 aromatic carbocycles. The molecule has 82 valence electrons. The third kappa shape index (κ3) is 3.02. The van der Waals surface area contributed by atoms with E-state index in [1.807, 2.05) is 11.6 Å². The third-order valence-electron chi connectivity index (χ3n) is 2.58. The highest BCUT2D eigenvalue weighted by Gasteiger charge is 2.11. The first kappa shape index (κ1) is 10.6. The van der Waals surface area contributed by atoms with E-state index in [1.54, 1.807) is 11.3 Å². The summed E-state index contributed by atoms with van der Waals surface area (Å²) in [6.45, 7) is 3.12. The zero-order valence-electron chi connectivity index (χ0n) is 9.07. The Morgan fingerprint density at radius 1 is 1.40 bits per heavy atom. The quantitative estimate of drug-likeness (QED) is 0.837. The molecule has 1 aromatic rings. The molecule has 1 aromatic heterocycles. The van der Waals surface area contributed by atoms with Crippen LogP contribution in [0, 0.1) is 0 Å². The number of hydrogen-bond acceptors (Lipinski definition) is 4. The Bertz CT molecular complexity index is 319. The molecule has 15 heavy (non-hydrogen) atoms. The van der Waals surface area contributed by atoms with Crippen molar-refractivity contribution >= 4 is 17.2 Å². The summed E-state index contributed by atoms with van der Waals surface area (Å²) in [6, 6.07) is 0.293. The summed E-state index contributed by atoms with van der Waals surface area (Å²) < 4.78 is 0. The zero-order chi connectivity index (χ0) is 10.5. The summed E-state index contributed by atoms with van der Waals surface area (Å²) in [5.74, 6) is 1.16. The molecule has 1 atom stereocenters. The molecule has 1 aliphatic rings. The molecule has 0 bridgehead atoms. The molecule has 0 aliphatic carbocycles. The standard InChI is InChI=1S/C11H17N3S/c1-9(11-13-7-8-15-11)14-10-5-3-2-4-6-12-10/h7-9H,2-6H2,1H3,(H,12,14). The monoisotopic (exact) mass is 223 g/mol. The van der Waals surface area contributed by atoms with Crippen molar-refractivity contribution in [3.8, 4) is 0 Å². The van der Waals surface area contributed by atoms with E-state index in [1.165, 1.54) is 19.3 Å². The fraction of sp³-hybridized carbons (Fsp3) is 0.636. The highest BCUT2D eigenvalue weighted by Crippen LogP contribution is 2.16. The molecule has 0 saturated carbocycles. The average Bonchev–Trinajstić information content (AvgIpc) is 2.65. The van der Waals surface area contributed by atoms with Gasteiger partial charge in [0, 0.05) is 24.5 Å². The predicted octanol–water partition coefficient (Wildman–Crippen LogP) is 2.77. The molecule has 4 heteroatoms. The zero-order valence-corrected chi connectivity index (χ0v) is 9.89. The van der Waals surface area contributed by atoms with Crippen molar-refractivity contribution in [3.05, 3.63) is 16.6 Å². The van der Waals surface area contributed by atoms with Crippen molar-refractivity contribution in [2.75, 3.05) is 6.54 Å². The Morgan fingerprint density at radius 2 is 2.33 bits per heavy atom. The Labute approximate surface area is 94.7 Å². The van der Waals surface area contributed by atoms with Crippen LogP contribution in [0.4, 0.5) is 0 Å². The van der Waals surface area contributed by atoms with Gasteiger partial charge < -0.3 is 5.32 Å². The summed E-state index contributed by atoms with van der Waals surface area (Å²) in [6.07, 6.45) is 6.75. The Kier molecular flexibility index (Phi) is 3.72. The summed E-state index contributed by atoms with van der Waals surface area (Å²) >= 11 is 1.70. The number of amidine groups is 1. The molecule has 0 radical (unpaired) electrons. The lowest BCUT2D eigenvalue weighted by Gasteiger charge is -2.13. The lowest BCUT2D eigenvalue weighted by atomic mass is 10.2. The fourth-order valence-corrected chi connectivity index (χ4v) is 2.40. The topological polar surface area (TPSA) is 37.3 Å².